The molecule has 0 unspecified atom stereocenters. The number of allylic oxidation sites excluding steroid dienone is 1. The van der Waals surface area contributed by atoms with Crippen LogP contribution in [0.3, 0.4) is 0 Å². The van der Waals surface area contributed by atoms with Crippen LogP contribution in [0, 0.1) is 0 Å². The highest BCUT2D eigenvalue weighted by Gasteiger charge is 2.63. The summed E-state index contributed by atoms with van der Waals surface area (Å²) >= 11 is 0. The van der Waals surface area contributed by atoms with Gasteiger partial charge in [-0.1, -0.05) is 54.6 Å². The van der Waals surface area contributed by atoms with Crippen LogP contribution in [0.4, 0.5) is 6.01 Å². The molecule has 178 valence electrons. The highest BCUT2D eigenvalue weighted by molar-refractivity contribution is 6.14. The van der Waals surface area contributed by atoms with E-state index in [1.807, 2.05) is 30.3 Å². The maximum absolute atomic E-state index is 14.1. The van der Waals surface area contributed by atoms with Crippen LogP contribution in [-0.2, 0) is 35.9 Å². The van der Waals surface area contributed by atoms with Gasteiger partial charge in [0.25, 0.3) is 6.01 Å². The van der Waals surface area contributed by atoms with Gasteiger partial charge in [0.05, 0.1) is 12.2 Å². The van der Waals surface area contributed by atoms with Gasteiger partial charge in [-0.2, -0.15) is 4.98 Å². The first-order chi connectivity index (χ1) is 16.9. The first-order valence-electron chi connectivity index (χ1n) is 11.2. The molecule has 1 aromatic heterocycles. The molecular weight excluding hydrogens is 450 g/mol. The van der Waals surface area contributed by atoms with E-state index in [4.69, 9.17) is 19.6 Å². The van der Waals surface area contributed by atoms with Crippen molar-refractivity contribution in [1.82, 2.24) is 9.88 Å². The van der Waals surface area contributed by atoms with Crippen molar-refractivity contribution in [3.63, 3.8) is 0 Å². The Morgan fingerprint density at radius 2 is 1.80 bits per heavy atom. The summed E-state index contributed by atoms with van der Waals surface area (Å²) in [5.74, 6) is -1.50. The van der Waals surface area contributed by atoms with Gasteiger partial charge in [0.15, 0.2) is 11.2 Å². The number of hydrogen-bond donors (Lipinski definition) is 1. The number of hydrogen-bond acceptors (Lipinski definition) is 8. The van der Waals surface area contributed by atoms with E-state index in [1.54, 1.807) is 38.1 Å². The van der Waals surface area contributed by atoms with Gasteiger partial charge in [0.1, 0.15) is 18.8 Å². The fraction of sp³-hybridized carbons (Fsp3) is 0.231. The standard InChI is InChI=1S/C26H23N3O6/c1-3-33-19(30)13-29-15(2)20(23(31)34-14-16-9-5-4-6-10-16)26(24(29)32)18-12-8-7-11-17(18)21-22(26)28-25(27)35-21/h4-12H,3,13-14H2,1-2H3,(H2,27,28)/t26-/m1/s1. The molecule has 9 heteroatoms. The second kappa shape index (κ2) is 8.43. The maximum atomic E-state index is 14.1. The van der Waals surface area contributed by atoms with E-state index >= 15 is 0 Å². The molecule has 3 aromatic rings. The van der Waals surface area contributed by atoms with Gasteiger partial charge in [0.2, 0.25) is 5.91 Å². The van der Waals surface area contributed by atoms with Gasteiger partial charge in [-0.15, -0.1) is 0 Å². The van der Waals surface area contributed by atoms with Crippen LogP contribution in [-0.4, -0.2) is 40.9 Å². The van der Waals surface area contributed by atoms with Crippen molar-refractivity contribution in [2.75, 3.05) is 18.9 Å². The third-order valence-electron chi connectivity index (χ3n) is 6.29. The molecule has 0 saturated heterocycles. The number of nitrogen functional groups attached to an aromatic ring is 1. The molecule has 35 heavy (non-hydrogen) atoms. The number of esters is 2. The molecule has 1 amide bonds. The monoisotopic (exact) mass is 473 g/mol. The molecular formula is C26H23N3O6. The zero-order chi connectivity index (χ0) is 24.7. The second-order valence-electron chi connectivity index (χ2n) is 8.24. The molecule has 5 rings (SSSR count). The molecule has 2 aliphatic rings. The largest absolute Gasteiger partial charge is 0.465 e. The van der Waals surface area contributed by atoms with E-state index in [0.29, 0.717) is 16.9 Å². The molecule has 2 heterocycles. The quantitative estimate of drug-likeness (QED) is 0.542. The van der Waals surface area contributed by atoms with Crippen LogP contribution in [0.2, 0.25) is 0 Å². The molecule has 2 aromatic carbocycles. The molecule has 1 spiro atoms. The first-order valence-corrected chi connectivity index (χ1v) is 11.2. The lowest BCUT2D eigenvalue weighted by Crippen LogP contribution is -2.43. The number of fused-ring (bicyclic) bond motifs is 5. The summed E-state index contributed by atoms with van der Waals surface area (Å²) in [4.78, 5) is 45.7. The summed E-state index contributed by atoms with van der Waals surface area (Å²) in [5.41, 5.74) is 6.69. The van der Waals surface area contributed by atoms with E-state index in [9.17, 15) is 14.4 Å². The Morgan fingerprint density at radius 1 is 1.09 bits per heavy atom. The van der Waals surface area contributed by atoms with Gasteiger partial charge >= 0.3 is 11.9 Å². The Bertz CT molecular complexity index is 1380. The average molecular weight is 473 g/mol. The fourth-order valence-corrected chi connectivity index (χ4v) is 4.87. The molecule has 0 fully saturated rings. The average Bonchev–Trinajstić information content (AvgIpc) is 3.43. The SMILES string of the molecule is CCOC(=O)CN1C(=O)[C@@]2(C(C(=O)OCc3ccccc3)=C1C)c1ccccc1-c1oc(N)nc12. The number of carbonyl (C=O) groups excluding carboxylic acids is 3. The van der Waals surface area contributed by atoms with Crippen LogP contribution in [0.1, 0.15) is 30.7 Å². The topological polar surface area (TPSA) is 125 Å². The molecule has 1 aliphatic heterocycles. The minimum Gasteiger partial charge on any atom is -0.465 e. The molecule has 2 N–H and O–H groups in total. The van der Waals surface area contributed by atoms with Crippen molar-refractivity contribution in [3.8, 4) is 11.3 Å². The van der Waals surface area contributed by atoms with Crippen molar-refractivity contribution >= 4 is 23.9 Å². The van der Waals surface area contributed by atoms with Crippen LogP contribution < -0.4 is 5.73 Å². The summed E-state index contributed by atoms with van der Waals surface area (Å²) in [6.45, 7) is 3.09. The fourth-order valence-electron chi connectivity index (χ4n) is 4.87. The lowest BCUT2D eigenvalue weighted by molar-refractivity contribution is -0.148. The van der Waals surface area contributed by atoms with Gasteiger partial charge in [-0.3, -0.25) is 9.59 Å². The summed E-state index contributed by atoms with van der Waals surface area (Å²) in [6.07, 6.45) is 0. The van der Waals surface area contributed by atoms with Crippen molar-refractivity contribution < 1.29 is 28.3 Å². The number of rotatable bonds is 6. The number of oxazole rings is 1. The molecule has 0 bridgehead atoms. The number of amides is 1. The number of nitrogens with zero attached hydrogens (tertiary/aromatic N) is 2. The summed E-state index contributed by atoms with van der Waals surface area (Å²) < 4.78 is 16.4. The Balaban J connectivity index is 1.66. The number of ether oxygens (including phenoxy) is 2. The van der Waals surface area contributed by atoms with Gasteiger partial charge < -0.3 is 24.5 Å². The predicted octanol–water partition coefficient (Wildman–Crippen LogP) is 2.95. The summed E-state index contributed by atoms with van der Waals surface area (Å²) in [6, 6.07) is 16.1. The van der Waals surface area contributed by atoms with E-state index < -0.39 is 23.3 Å². The van der Waals surface area contributed by atoms with Gasteiger partial charge in [-0.25, -0.2) is 4.79 Å². The number of aromatic nitrogens is 1. The predicted molar refractivity (Wildman–Crippen MR) is 124 cm³/mol. The Morgan fingerprint density at radius 3 is 2.54 bits per heavy atom. The number of carbonyl (C=O) groups is 3. The van der Waals surface area contributed by atoms with E-state index in [1.165, 1.54) is 4.90 Å². The number of nitrogens with two attached hydrogens (primary N) is 1. The van der Waals surface area contributed by atoms with Gasteiger partial charge in [0, 0.05) is 11.3 Å². The zero-order valence-electron chi connectivity index (χ0n) is 19.2. The lowest BCUT2D eigenvalue weighted by Gasteiger charge is -2.26. The Kier molecular flexibility index (Phi) is 5.39. The van der Waals surface area contributed by atoms with E-state index in [0.717, 1.165) is 5.56 Å². The third kappa shape index (κ3) is 3.30. The second-order valence-corrected chi connectivity index (χ2v) is 8.24. The highest BCUT2D eigenvalue weighted by Crippen LogP contribution is 2.57. The Labute approximate surface area is 201 Å². The van der Waals surface area contributed by atoms with Crippen LogP contribution in [0.25, 0.3) is 11.3 Å². The van der Waals surface area contributed by atoms with Crippen molar-refractivity contribution in [1.29, 1.82) is 0 Å². The van der Waals surface area contributed by atoms with Crippen LogP contribution >= 0.6 is 0 Å². The minimum atomic E-state index is -1.66. The van der Waals surface area contributed by atoms with Crippen molar-refractivity contribution in [2.45, 2.75) is 25.9 Å². The zero-order valence-corrected chi connectivity index (χ0v) is 19.2. The van der Waals surface area contributed by atoms with Gasteiger partial charge in [-0.05, 0) is 25.0 Å². The normalized spacial score (nSPS) is 18.1. The molecule has 9 nitrogen and oxygen atoms in total. The summed E-state index contributed by atoms with van der Waals surface area (Å²) in [7, 11) is 0. The third-order valence-corrected chi connectivity index (χ3v) is 6.29. The van der Waals surface area contributed by atoms with E-state index in [2.05, 4.69) is 4.98 Å². The minimum absolute atomic E-state index is 0.00799. The van der Waals surface area contributed by atoms with Crippen LogP contribution in [0.5, 0.6) is 0 Å². The van der Waals surface area contributed by atoms with Crippen molar-refractivity contribution in [2.24, 2.45) is 0 Å². The molecule has 1 atom stereocenters. The lowest BCUT2D eigenvalue weighted by atomic mass is 9.74. The maximum Gasteiger partial charge on any atom is 0.337 e. The highest BCUT2D eigenvalue weighted by atomic mass is 16.5. The Hall–Kier alpha value is -4.40. The molecule has 0 radical (unpaired) electrons. The van der Waals surface area contributed by atoms with Crippen LogP contribution in [0.15, 0.2) is 70.3 Å². The smallest absolute Gasteiger partial charge is 0.337 e. The summed E-state index contributed by atoms with van der Waals surface area (Å²) in [5, 5.41) is 0. The number of benzene rings is 2. The molecule has 1 aliphatic carbocycles. The molecule has 0 saturated carbocycles. The first kappa shape index (κ1) is 22.4. The van der Waals surface area contributed by atoms with Crippen molar-refractivity contribution in [3.05, 3.63) is 82.7 Å². The van der Waals surface area contributed by atoms with E-state index in [-0.39, 0.29) is 42.7 Å². The number of anilines is 1.